The number of anilines is 1. The van der Waals surface area contributed by atoms with Crippen LogP contribution in [0.4, 0.5) is 10.1 Å². The Labute approximate surface area is 111 Å². The summed E-state index contributed by atoms with van der Waals surface area (Å²) in [7, 11) is 0. The van der Waals surface area contributed by atoms with E-state index in [1.807, 2.05) is 19.9 Å². The predicted molar refractivity (Wildman–Crippen MR) is 70.9 cm³/mol. The monoisotopic (exact) mass is 264 g/mol. The average molecular weight is 264 g/mol. The Bertz CT molecular complexity index is 515. The largest absolute Gasteiger partial charge is 0.380 e. The van der Waals surface area contributed by atoms with Crippen LogP contribution in [0.2, 0.25) is 0 Å². The molecular weight excluding hydrogens is 247 g/mol. The molecule has 0 fully saturated rings. The van der Waals surface area contributed by atoms with Crippen LogP contribution >= 0.6 is 0 Å². The fourth-order valence-corrected chi connectivity index (χ4v) is 1.74. The maximum Gasteiger partial charge on any atom is 0.150 e. The second-order valence-electron chi connectivity index (χ2n) is 4.21. The van der Waals surface area contributed by atoms with Crippen LogP contribution < -0.4 is 5.32 Å². The third kappa shape index (κ3) is 3.51. The van der Waals surface area contributed by atoms with Crippen molar-refractivity contribution in [3.05, 3.63) is 36.7 Å². The lowest BCUT2D eigenvalue weighted by Gasteiger charge is -2.15. The number of rotatable bonds is 6. The van der Waals surface area contributed by atoms with Gasteiger partial charge in [0.1, 0.15) is 18.3 Å². The van der Waals surface area contributed by atoms with Crippen LogP contribution in [0.5, 0.6) is 0 Å². The molecule has 0 radical (unpaired) electrons. The van der Waals surface area contributed by atoms with Gasteiger partial charge < -0.3 is 10.1 Å². The highest BCUT2D eigenvalue weighted by molar-refractivity contribution is 5.49. The molecule has 6 heteroatoms. The molecule has 5 nitrogen and oxygen atoms in total. The highest BCUT2D eigenvalue weighted by Crippen LogP contribution is 2.17. The summed E-state index contributed by atoms with van der Waals surface area (Å²) in [5, 5.41) is 7.08. The summed E-state index contributed by atoms with van der Waals surface area (Å²) in [6.07, 6.45) is 2.83. The molecule has 0 spiro atoms. The van der Waals surface area contributed by atoms with Gasteiger partial charge in [0.2, 0.25) is 0 Å². The van der Waals surface area contributed by atoms with E-state index in [0.29, 0.717) is 24.6 Å². The van der Waals surface area contributed by atoms with E-state index in [1.54, 1.807) is 6.07 Å². The molecule has 0 bridgehead atoms. The molecule has 0 aliphatic heterocycles. The predicted octanol–water partition coefficient (Wildman–Crippen LogP) is 2.24. The van der Waals surface area contributed by atoms with Gasteiger partial charge in [-0.05, 0) is 32.0 Å². The van der Waals surface area contributed by atoms with Gasteiger partial charge in [-0.3, -0.25) is 0 Å². The third-order valence-corrected chi connectivity index (χ3v) is 2.60. The van der Waals surface area contributed by atoms with E-state index in [0.717, 1.165) is 0 Å². The summed E-state index contributed by atoms with van der Waals surface area (Å²) in [4.78, 5) is 3.80. The number of benzene rings is 1. The van der Waals surface area contributed by atoms with Gasteiger partial charge in [-0.25, -0.2) is 14.1 Å². The Morgan fingerprint density at radius 1 is 1.47 bits per heavy atom. The molecule has 0 saturated heterocycles. The summed E-state index contributed by atoms with van der Waals surface area (Å²) >= 11 is 0. The summed E-state index contributed by atoms with van der Waals surface area (Å²) in [6.45, 7) is 5.19. The molecule has 0 amide bonds. The minimum atomic E-state index is -0.348. The molecule has 1 aromatic heterocycles. The fraction of sp³-hybridized carbons (Fsp3) is 0.385. The van der Waals surface area contributed by atoms with Gasteiger partial charge in [0.25, 0.3) is 0 Å². The standard InChI is InChI=1S/C13H17FN4O/c1-3-19-7-10(2)17-11-4-5-13(12(14)6-11)18-9-15-8-16-18/h4-6,8-10,17H,3,7H2,1-2H3. The quantitative estimate of drug-likeness (QED) is 0.869. The minimum absolute atomic E-state index is 0.122. The first-order chi connectivity index (χ1) is 9.20. The van der Waals surface area contributed by atoms with Gasteiger partial charge >= 0.3 is 0 Å². The molecule has 0 aliphatic carbocycles. The molecule has 2 aromatic rings. The molecule has 1 heterocycles. The zero-order valence-corrected chi connectivity index (χ0v) is 11.0. The summed E-state index contributed by atoms with van der Waals surface area (Å²) in [6, 6.07) is 5.04. The highest BCUT2D eigenvalue weighted by atomic mass is 19.1. The number of ether oxygens (including phenoxy) is 1. The summed E-state index contributed by atoms with van der Waals surface area (Å²) in [5.41, 5.74) is 1.09. The smallest absolute Gasteiger partial charge is 0.150 e. The first kappa shape index (κ1) is 13.5. The van der Waals surface area contributed by atoms with Gasteiger partial charge in [0.05, 0.1) is 6.61 Å². The molecular formula is C13H17FN4O. The van der Waals surface area contributed by atoms with Crippen molar-refractivity contribution in [2.75, 3.05) is 18.5 Å². The minimum Gasteiger partial charge on any atom is -0.380 e. The first-order valence-corrected chi connectivity index (χ1v) is 6.19. The van der Waals surface area contributed by atoms with E-state index < -0.39 is 0 Å². The van der Waals surface area contributed by atoms with Crippen LogP contribution in [0.1, 0.15) is 13.8 Å². The van der Waals surface area contributed by atoms with Crippen LogP contribution in [0.25, 0.3) is 5.69 Å². The Kier molecular flexibility index (Phi) is 4.46. The molecule has 1 aromatic carbocycles. The fourth-order valence-electron chi connectivity index (χ4n) is 1.74. The number of hydrogen-bond acceptors (Lipinski definition) is 4. The van der Waals surface area contributed by atoms with Crippen molar-refractivity contribution in [3.8, 4) is 5.69 Å². The molecule has 1 unspecified atom stereocenters. The second-order valence-corrected chi connectivity index (χ2v) is 4.21. The van der Waals surface area contributed by atoms with Crippen LogP contribution in [0, 0.1) is 5.82 Å². The SMILES string of the molecule is CCOCC(C)Nc1ccc(-n2cncn2)c(F)c1. The lowest BCUT2D eigenvalue weighted by molar-refractivity contribution is 0.141. The maximum atomic E-state index is 14.0. The van der Waals surface area contributed by atoms with Gasteiger partial charge in [-0.15, -0.1) is 0 Å². The van der Waals surface area contributed by atoms with Crippen molar-refractivity contribution in [1.29, 1.82) is 0 Å². The number of nitrogens with one attached hydrogen (secondary N) is 1. The highest BCUT2D eigenvalue weighted by Gasteiger charge is 2.08. The number of hydrogen-bond donors (Lipinski definition) is 1. The summed E-state index contributed by atoms with van der Waals surface area (Å²) < 4.78 is 20.6. The van der Waals surface area contributed by atoms with Gasteiger partial charge in [0.15, 0.2) is 5.82 Å². The van der Waals surface area contributed by atoms with Crippen LogP contribution in [-0.4, -0.2) is 34.0 Å². The zero-order valence-electron chi connectivity index (χ0n) is 11.0. The Morgan fingerprint density at radius 2 is 2.32 bits per heavy atom. The van der Waals surface area contributed by atoms with E-state index in [9.17, 15) is 4.39 Å². The molecule has 19 heavy (non-hydrogen) atoms. The molecule has 2 rings (SSSR count). The normalized spacial score (nSPS) is 12.4. The molecule has 102 valence electrons. The van der Waals surface area contributed by atoms with Crippen molar-refractivity contribution in [2.45, 2.75) is 19.9 Å². The first-order valence-electron chi connectivity index (χ1n) is 6.19. The lowest BCUT2D eigenvalue weighted by Crippen LogP contribution is -2.21. The molecule has 0 aliphatic rings. The molecule has 1 N–H and O–H groups in total. The van der Waals surface area contributed by atoms with E-state index in [2.05, 4.69) is 15.4 Å². The van der Waals surface area contributed by atoms with Crippen LogP contribution in [0.3, 0.4) is 0 Å². The van der Waals surface area contributed by atoms with Gasteiger partial charge in [0, 0.05) is 18.3 Å². The van der Waals surface area contributed by atoms with Gasteiger partial charge in [-0.2, -0.15) is 5.10 Å². The van der Waals surface area contributed by atoms with Crippen molar-refractivity contribution >= 4 is 5.69 Å². The van der Waals surface area contributed by atoms with Crippen molar-refractivity contribution in [3.63, 3.8) is 0 Å². The number of halogens is 1. The van der Waals surface area contributed by atoms with E-state index in [-0.39, 0.29) is 11.9 Å². The van der Waals surface area contributed by atoms with Crippen molar-refractivity contribution in [2.24, 2.45) is 0 Å². The van der Waals surface area contributed by atoms with Crippen molar-refractivity contribution < 1.29 is 9.13 Å². The van der Waals surface area contributed by atoms with E-state index >= 15 is 0 Å². The summed E-state index contributed by atoms with van der Waals surface area (Å²) in [5.74, 6) is -0.348. The van der Waals surface area contributed by atoms with Crippen LogP contribution in [-0.2, 0) is 4.74 Å². The van der Waals surface area contributed by atoms with E-state index in [4.69, 9.17) is 4.74 Å². The lowest BCUT2D eigenvalue weighted by atomic mass is 10.2. The zero-order chi connectivity index (χ0) is 13.7. The van der Waals surface area contributed by atoms with Gasteiger partial charge in [-0.1, -0.05) is 0 Å². The second kappa shape index (κ2) is 6.29. The van der Waals surface area contributed by atoms with Crippen molar-refractivity contribution in [1.82, 2.24) is 14.8 Å². The Morgan fingerprint density at radius 3 is 2.95 bits per heavy atom. The number of aromatic nitrogens is 3. The maximum absolute atomic E-state index is 14.0. The molecule has 1 atom stereocenters. The Balaban J connectivity index is 2.07. The third-order valence-electron chi connectivity index (χ3n) is 2.60. The molecule has 0 saturated carbocycles. The number of nitrogens with zero attached hydrogens (tertiary/aromatic N) is 3. The van der Waals surface area contributed by atoms with Crippen LogP contribution in [0.15, 0.2) is 30.9 Å². The van der Waals surface area contributed by atoms with E-state index in [1.165, 1.54) is 23.4 Å². The Hall–Kier alpha value is -1.95. The topological polar surface area (TPSA) is 52.0 Å². The average Bonchev–Trinajstić information content (AvgIpc) is 2.90.